The van der Waals surface area contributed by atoms with E-state index >= 15 is 0 Å². The van der Waals surface area contributed by atoms with Crippen molar-refractivity contribution in [1.82, 2.24) is 0 Å². The number of aliphatic hydroxyl groups excluding tert-OH is 1. The fourth-order valence-corrected chi connectivity index (χ4v) is 1.58. The molecule has 2 atom stereocenters. The van der Waals surface area contributed by atoms with Gasteiger partial charge in [-0.05, 0) is 12.8 Å². The number of hydrogen-bond donors (Lipinski definition) is 1. The molecule has 0 bridgehead atoms. The summed E-state index contributed by atoms with van der Waals surface area (Å²) >= 11 is 0. The van der Waals surface area contributed by atoms with E-state index in [0.717, 1.165) is 6.42 Å². The molecular formula is C12H22O2Si. The van der Waals surface area contributed by atoms with E-state index in [1.54, 1.807) is 13.2 Å². The maximum Gasteiger partial charge on any atom is 0.129 e. The Kier molecular flexibility index (Phi) is 6.58. The van der Waals surface area contributed by atoms with Crippen LogP contribution >= 0.6 is 0 Å². The summed E-state index contributed by atoms with van der Waals surface area (Å²) in [6, 6.07) is 0. The Hall–Kier alpha value is -0.563. The molecule has 0 saturated heterocycles. The normalized spacial score (nSPS) is 15.0. The quantitative estimate of drug-likeness (QED) is 0.442. The monoisotopic (exact) mass is 226 g/mol. The summed E-state index contributed by atoms with van der Waals surface area (Å²) in [6.07, 6.45) is 2.44. The van der Waals surface area contributed by atoms with Crippen molar-refractivity contribution >= 4 is 8.07 Å². The highest BCUT2D eigenvalue weighted by Crippen LogP contribution is 2.05. The summed E-state index contributed by atoms with van der Waals surface area (Å²) in [7, 11) is 0.332. The van der Waals surface area contributed by atoms with Gasteiger partial charge in [-0.2, -0.15) is 0 Å². The molecule has 0 aliphatic rings. The van der Waals surface area contributed by atoms with Crippen molar-refractivity contribution in [3.05, 3.63) is 12.7 Å². The molecule has 0 saturated carbocycles. The molecule has 0 rings (SSSR count). The van der Waals surface area contributed by atoms with Gasteiger partial charge in [-0.1, -0.05) is 31.6 Å². The van der Waals surface area contributed by atoms with Crippen molar-refractivity contribution in [2.24, 2.45) is 0 Å². The van der Waals surface area contributed by atoms with Crippen LogP contribution in [0.15, 0.2) is 12.7 Å². The summed E-state index contributed by atoms with van der Waals surface area (Å²) in [5, 5.41) is 9.32. The molecule has 1 unspecified atom stereocenters. The van der Waals surface area contributed by atoms with Crippen LogP contribution in [0.5, 0.6) is 0 Å². The second-order valence-electron chi connectivity index (χ2n) is 4.62. The second-order valence-corrected chi connectivity index (χ2v) is 9.37. The van der Waals surface area contributed by atoms with E-state index in [9.17, 15) is 5.11 Å². The Balaban J connectivity index is 4.13. The van der Waals surface area contributed by atoms with Crippen LogP contribution < -0.4 is 0 Å². The van der Waals surface area contributed by atoms with E-state index in [0.29, 0.717) is 6.42 Å². The van der Waals surface area contributed by atoms with Gasteiger partial charge in [-0.3, -0.25) is 0 Å². The molecule has 0 fully saturated rings. The lowest BCUT2D eigenvalue weighted by Gasteiger charge is -2.11. The predicted molar refractivity (Wildman–Crippen MR) is 67.4 cm³/mol. The maximum absolute atomic E-state index is 9.32. The molecule has 0 spiro atoms. The van der Waals surface area contributed by atoms with Crippen LogP contribution in [0.1, 0.15) is 12.8 Å². The first-order valence-corrected chi connectivity index (χ1v) is 8.75. The van der Waals surface area contributed by atoms with E-state index < -0.39 is 14.2 Å². The Bertz CT molecular complexity index is 245. The summed E-state index contributed by atoms with van der Waals surface area (Å²) in [6.45, 7) is 10.1. The van der Waals surface area contributed by atoms with Crippen molar-refractivity contribution in [2.45, 2.75) is 44.7 Å². The van der Waals surface area contributed by atoms with E-state index in [2.05, 4.69) is 37.7 Å². The van der Waals surface area contributed by atoms with Gasteiger partial charge in [0.15, 0.2) is 0 Å². The van der Waals surface area contributed by atoms with Gasteiger partial charge in [0.2, 0.25) is 0 Å². The zero-order valence-electron chi connectivity index (χ0n) is 10.2. The van der Waals surface area contributed by atoms with Gasteiger partial charge in [-0.25, -0.2) is 0 Å². The molecule has 0 aromatic heterocycles. The Morgan fingerprint density at radius 3 is 2.40 bits per heavy atom. The van der Waals surface area contributed by atoms with Gasteiger partial charge in [0, 0.05) is 7.11 Å². The highest BCUT2D eigenvalue weighted by molar-refractivity contribution is 6.83. The summed E-state index contributed by atoms with van der Waals surface area (Å²) < 4.78 is 5.24. The highest BCUT2D eigenvalue weighted by Gasteiger charge is 2.10. The van der Waals surface area contributed by atoms with Crippen LogP contribution in [0.25, 0.3) is 0 Å². The summed E-state index contributed by atoms with van der Waals surface area (Å²) in [5.41, 5.74) is 3.27. The first-order chi connectivity index (χ1) is 6.89. The third-order valence-corrected chi connectivity index (χ3v) is 2.78. The van der Waals surface area contributed by atoms with Crippen LogP contribution in [0.4, 0.5) is 0 Å². The molecule has 0 aliphatic carbocycles. The van der Waals surface area contributed by atoms with Crippen LogP contribution in [0.3, 0.4) is 0 Å². The molecule has 0 aliphatic heterocycles. The van der Waals surface area contributed by atoms with Gasteiger partial charge in [-0.15, -0.1) is 12.1 Å². The third-order valence-electron chi connectivity index (χ3n) is 1.89. The molecular weight excluding hydrogens is 204 g/mol. The zero-order chi connectivity index (χ0) is 11.9. The predicted octanol–water partition coefficient (Wildman–Crippen LogP) is 2.21. The minimum atomic E-state index is -1.32. The molecule has 0 amide bonds. The molecule has 86 valence electrons. The van der Waals surface area contributed by atoms with Crippen molar-refractivity contribution in [1.29, 1.82) is 0 Å². The largest absolute Gasteiger partial charge is 0.389 e. The molecule has 2 nitrogen and oxygen atoms in total. The van der Waals surface area contributed by atoms with Crippen molar-refractivity contribution in [3.8, 4) is 11.5 Å². The molecule has 3 heteroatoms. The smallest absolute Gasteiger partial charge is 0.129 e. The fourth-order valence-electron chi connectivity index (χ4n) is 0.986. The van der Waals surface area contributed by atoms with Crippen LogP contribution in [-0.2, 0) is 4.74 Å². The number of rotatable bonds is 5. The lowest BCUT2D eigenvalue weighted by molar-refractivity contribution is 0.120. The lowest BCUT2D eigenvalue weighted by Crippen LogP contribution is -2.19. The first kappa shape index (κ1) is 14.4. The van der Waals surface area contributed by atoms with Gasteiger partial charge >= 0.3 is 0 Å². The minimum Gasteiger partial charge on any atom is -0.389 e. The Labute approximate surface area is 94.4 Å². The minimum absolute atomic E-state index is 0.0636. The zero-order valence-corrected chi connectivity index (χ0v) is 11.2. The highest BCUT2D eigenvalue weighted by atomic mass is 28.3. The number of aliphatic hydroxyl groups is 1. The molecule has 0 aromatic rings. The van der Waals surface area contributed by atoms with E-state index in [1.165, 1.54) is 0 Å². The van der Waals surface area contributed by atoms with Crippen LogP contribution in [0, 0.1) is 11.5 Å². The molecule has 0 aromatic carbocycles. The van der Waals surface area contributed by atoms with E-state index in [4.69, 9.17) is 4.74 Å². The lowest BCUT2D eigenvalue weighted by atomic mass is 10.1. The Morgan fingerprint density at radius 1 is 1.40 bits per heavy atom. The number of methoxy groups -OCH3 is 1. The number of hydrogen-bond acceptors (Lipinski definition) is 2. The second kappa shape index (κ2) is 6.84. The van der Waals surface area contributed by atoms with Crippen molar-refractivity contribution in [3.63, 3.8) is 0 Å². The van der Waals surface area contributed by atoms with E-state index in [-0.39, 0.29) is 6.10 Å². The molecule has 0 radical (unpaired) electrons. The van der Waals surface area contributed by atoms with Gasteiger partial charge in [0.25, 0.3) is 0 Å². The molecule has 1 N–H and O–H groups in total. The number of ether oxygens (including phenoxy) is 1. The molecule has 15 heavy (non-hydrogen) atoms. The third kappa shape index (κ3) is 8.43. The van der Waals surface area contributed by atoms with Gasteiger partial charge in [0.05, 0.1) is 6.10 Å². The standard InChI is InChI=1S/C12H22O2Si/c1-6-11(13)7-8-12(14-2)9-10-15(3,4)5/h6,11-13H,1,7-8H2,2-5H3/t11-,12?/m1/s1. The van der Waals surface area contributed by atoms with Crippen molar-refractivity contribution < 1.29 is 9.84 Å². The first-order valence-electron chi connectivity index (χ1n) is 5.25. The van der Waals surface area contributed by atoms with Gasteiger partial charge < -0.3 is 9.84 Å². The molecule has 0 heterocycles. The van der Waals surface area contributed by atoms with Gasteiger partial charge in [0.1, 0.15) is 14.2 Å². The SMILES string of the molecule is C=C[C@@H](O)CCC(C#C[Si](C)(C)C)OC. The van der Waals surface area contributed by atoms with Crippen LogP contribution in [0.2, 0.25) is 19.6 Å². The summed E-state index contributed by atoms with van der Waals surface area (Å²) in [4.78, 5) is 0. The van der Waals surface area contributed by atoms with Crippen LogP contribution in [-0.4, -0.2) is 32.5 Å². The van der Waals surface area contributed by atoms with Crippen molar-refractivity contribution in [2.75, 3.05) is 7.11 Å². The summed E-state index contributed by atoms with van der Waals surface area (Å²) in [5.74, 6) is 3.13. The van der Waals surface area contributed by atoms with E-state index in [1.807, 2.05) is 0 Å². The average molecular weight is 226 g/mol. The fraction of sp³-hybridized carbons (Fsp3) is 0.667. The Morgan fingerprint density at radius 2 is 2.00 bits per heavy atom. The average Bonchev–Trinajstić information content (AvgIpc) is 2.16. The maximum atomic E-state index is 9.32. The topological polar surface area (TPSA) is 29.5 Å².